The summed E-state index contributed by atoms with van der Waals surface area (Å²) in [5.74, 6) is 0. The van der Waals surface area contributed by atoms with Gasteiger partial charge in [0.05, 0.1) is 5.69 Å². The second-order valence-electron chi connectivity index (χ2n) is 8.20. The molecule has 3 heteroatoms. The summed E-state index contributed by atoms with van der Waals surface area (Å²) >= 11 is 0. The van der Waals surface area contributed by atoms with Gasteiger partial charge in [0.25, 0.3) is 0 Å². The Morgan fingerprint density at radius 1 is 0.771 bits per heavy atom. The number of hydrogen-bond acceptors (Lipinski definition) is 3. The zero-order chi connectivity index (χ0) is 33.2. The van der Waals surface area contributed by atoms with Gasteiger partial charge in [-0.2, -0.15) is 0 Å². The molecule has 0 radical (unpaired) electrons. The van der Waals surface area contributed by atoms with E-state index in [1.807, 2.05) is 6.07 Å². The Morgan fingerprint density at radius 2 is 1.69 bits per heavy atom. The average Bonchev–Trinajstić information content (AvgIpc) is 3.38. The average molecular weight is 466 g/mol. The van der Waals surface area contributed by atoms with E-state index in [1.165, 1.54) is 24.4 Å². The van der Waals surface area contributed by atoms with Crippen LogP contribution in [0.15, 0.2) is 95.5 Å². The van der Waals surface area contributed by atoms with Crippen molar-refractivity contribution in [2.24, 2.45) is 0 Å². The highest BCUT2D eigenvalue weighted by atomic mass is 16.3. The van der Waals surface area contributed by atoms with Gasteiger partial charge in [0.1, 0.15) is 5.58 Å². The normalized spacial score (nSPS) is 17.5. The fraction of sp³-hybridized carbons (Fsp3) is 0.125. The third kappa shape index (κ3) is 3.89. The molecule has 0 aliphatic carbocycles. The summed E-state index contributed by atoms with van der Waals surface area (Å²) < 4.78 is 95.8. The second kappa shape index (κ2) is 8.52. The largest absolute Gasteiger partial charge is 0.437 e. The summed E-state index contributed by atoms with van der Waals surface area (Å²) in [6.07, 6.45) is -0.723. The Morgan fingerprint density at radius 3 is 2.54 bits per heavy atom. The van der Waals surface area contributed by atoms with Crippen LogP contribution in [0.25, 0.3) is 44.5 Å². The lowest BCUT2D eigenvalue weighted by Gasteiger charge is -2.12. The molecule has 6 rings (SSSR count). The van der Waals surface area contributed by atoms with Gasteiger partial charge in [-0.3, -0.25) is 4.98 Å². The van der Waals surface area contributed by atoms with E-state index in [9.17, 15) is 0 Å². The minimum absolute atomic E-state index is 0.0500. The highest BCUT2D eigenvalue weighted by Crippen LogP contribution is 2.37. The molecule has 0 amide bonds. The first-order valence-corrected chi connectivity index (χ1v) is 11.0. The lowest BCUT2D eigenvalue weighted by molar-refractivity contribution is 0.652. The molecule has 3 heterocycles. The summed E-state index contributed by atoms with van der Waals surface area (Å²) in [7, 11) is 0. The van der Waals surface area contributed by atoms with Crippen molar-refractivity contribution in [1.29, 1.82) is 0 Å². The summed E-state index contributed by atoms with van der Waals surface area (Å²) in [4.78, 5) is 8.96. The number of furan rings is 1. The van der Waals surface area contributed by atoms with Gasteiger partial charge in [0.2, 0.25) is 5.71 Å². The zero-order valence-corrected chi connectivity index (χ0v) is 18.5. The number of fused-ring (bicyclic) bond motifs is 3. The lowest BCUT2D eigenvalue weighted by atomic mass is 9.94. The summed E-state index contributed by atoms with van der Waals surface area (Å²) in [6, 6.07) is 22.5. The molecule has 0 unspecified atom stereocenters. The number of pyridine rings is 2. The molecular formula is C32H26N2O. The number of hydrogen-bond donors (Lipinski definition) is 0. The van der Waals surface area contributed by atoms with Gasteiger partial charge in [-0.15, -0.1) is 0 Å². The van der Waals surface area contributed by atoms with Crippen molar-refractivity contribution in [2.75, 3.05) is 0 Å². The van der Waals surface area contributed by atoms with Crippen molar-refractivity contribution in [1.82, 2.24) is 9.97 Å². The Bertz CT molecular complexity index is 2090. The maximum atomic E-state index is 8.71. The summed E-state index contributed by atoms with van der Waals surface area (Å²) in [6.45, 7) is -7.99. The molecule has 0 saturated heterocycles. The number of rotatable bonds is 4. The summed E-state index contributed by atoms with van der Waals surface area (Å²) in [5, 5.41) is 1.30. The van der Waals surface area contributed by atoms with Gasteiger partial charge in [0.15, 0.2) is 0 Å². The molecule has 0 saturated carbocycles. The predicted molar refractivity (Wildman–Crippen MR) is 144 cm³/mol. The van der Waals surface area contributed by atoms with Crippen molar-refractivity contribution in [2.45, 2.75) is 26.9 Å². The van der Waals surface area contributed by atoms with Gasteiger partial charge in [-0.05, 0) is 72.6 Å². The highest BCUT2D eigenvalue weighted by molar-refractivity contribution is 6.08. The molecule has 170 valence electrons. The van der Waals surface area contributed by atoms with Crippen LogP contribution in [-0.2, 0) is 6.37 Å². The second-order valence-corrected chi connectivity index (χ2v) is 8.20. The van der Waals surface area contributed by atoms with Crippen LogP contribution in [0.5, 0.6) is 0 Å². The van der Waals surface area contributed by atoms with Crippen LogP contribution in [0.4, 0.5) is 0 Å². The number of para-hydroxylation sites is 1. The molecule has 3 nitrogen and oxygen atoms in total. The Balaban J connectivity index is 1.55. The van der Waals surface area contributed by atoms with Gasteiger partial charge in [0, 0.05) is 49.7 Å². The first kappa shape index (κ1) is 12.5. The van der Waals surface area contributed by atoms with E-state index >= 15 is 0 Å². The van der Waals surface area contributed by atoms with Crippen molar-refractivity contribution in [3.05, 3.63) is 119 Å². The maximum absolute atomic E-state index is 8.71. The van der Waals surface area contributed by atoms with Gasteiger partial charge < -0.3 is 4.42 Å². The monoisotopic (exact) mass is 465 g/mol. The predicted octanol–water partition coefficient (Wildman–Crippen LogP) is 8.23. The molecule has 0 aliphatic rings. The molecule has 0 spiro atoms. The van der Waals surface area contributed by atoms with E-state index in [0.717, 1.165) is 6.07 Å². The number of aryl methyl sites for hydroxylation is 3. The third-order valence-corrected chi connectivity index (χ3v) is 5.90. The fourth-order valence-corrected chi connectivity index (χ4v) is 4.22. The van der Waals surface area contributed by atoms with Crippen LogP contribution < -0.4 is 0 Å². The molecule has 35 heavy (non-hydrogen) atoms. The molecule has 0 bridgehead atoms. The van der Waals surface area contributed by atoms with Crippen molar-refractivity contribution in [3.8, 4) is 22.4 Å². The minimum atomic E-state index is -2.75. The van der Waals surface area contributed by atoms with Crippen LogP contribution in [0.1, 0.15) is 43.0 Å². The van der Waals surface area contributed by atoms with E-state index in [0.29, 0.717) is 27.5 Å². The van der Waals surface area contributed by atoms with E-state index in [-0.39, 0.29) is 44.9 Å². The van der Waals surface area contributed by atoms with Crippen molar-refractivity contribution >= 4 is 22.1 Å². The van der Waals surface area contributed by atoms with Crippen LogP contribution >= 0.6 is 0 Å². The van der Waals surface area contributed by atoms with Gasteiger partial charge in [-0.25, -0.2) is 4.98 Å². The first-order valence-electron chi connectivity index (χ1n) is 16.5. The van der Waals surface area contributed by atoms with E-state index in [4.69, 9.17) is 19.5 Å². The standard InChI is InChI=1S/C32H26N2O/c1-20-12-14-25(21(2)16-20)29-18-30(33-19-22(29)3)28-11-7-10-26-27-15-13-24(34-32(27)35-31(26)28)17-23-8-5-4-6-9-23/h4-16,18-19H,17H2,1-3H3/i1D3,2D3,3D3,17D2. The molecule has 6 aromatic rings. The minimum Gasteiger partial charge on any atom is -0.437 e. The van der Waals surface area contributed by atoms with Gasteiger partial charge >= 0.3 is 0 Å². The fourth-order valence-electron chi connectivity index (χ4n) is 4.22. The smallest absolute Gasteiger partial charge is 0.227 e. The number of benzene rings is 3. The molecular weight excluding hydrogens is 428 g/mol. The lowest BCUT2D eigenvalue weighted by Crippen LogP contribution is -1.92. The Hall–Kier alpha value is -4.24. The molecule has 0 fully saturated rings. The highest BCUT2D eigenvalue weighted by Gasteiger charge is 2.16. The van der Waals surface area contributed by atoms with Crippen LogP contribution in [-0.4, -0.2) is 9.97 Å². The zero-order valence-electron chi connectivity index (χ0n) is 29.5. The van der Waals surface area contributed by atoms with Crippen LogP contribution in [0, 0.1) is 20.6 Å². The number of aromatic nitrogens is 2. The quantitative estimate of drug-likeness (QED) is 0.263. The molecule has 3 aromatic heterocycles. The molecule has 0 aliphatic heterocycles. The number of nitrogens with zero attached hydrogens (tertiary/aromatic N) is 2. The van der Waals surface area contributed by atoms with Crippen LogP contribution in [0.2, 0.25) is 0 Å². The first-order chi connectivity index (χ1) is 21.5. The topological polar surface area (TPSA) is 38.9 Å². The summed E-state index contributed by atoms with van der Waals surface area (Å²) in [5.41, 5.74) is 1.36. The molecule has 3 aromatic carbocycles. The van der Waals surface area contributed by atoms with Crippen LogP contribution in [0.3, 0.4) is 0 Å². The Labute approximate surface area is 220 Å². The SMILES string of the molecule is [2H]C([2H])([2H])c1ccc(-c2cc(-c3cccc4c3oc3nc(C([2H])([2H])c5ccccc5)ccc34)ncc2C([2H])([2H])[2H])c(C([2H])([2H])[2H])c1. The Kier molecular flexibility index (Phi) is 3.03. The third-order valence-electron chi connectivity index (χ3n) is 5.90. The molecule has 0 atom stereocenters. The van der Waals surface area contributed by atoms with E-state index in [1.54, 1.807) is 54.6 Å². The maximum Gasteiger partial charge on any atom is 0.227 e. The van der Waals surface area contributed by atoms with E-state index in [2.05, 4.69) is 9.97 Å². The van der Waals surface area contributed by atoms with Crippen molar-refractivity contribution in [3.63, 3.8) is 0 Å². The van der Waals surface area contributed by atoms with E-state index < -0.39 is 26.9 Å². The molecule has 0 N–H and O–H groups in total. The van der Waals surface area contributed by atoms with Gasteiger partial charge in [-0.1, -0.05) is 66.2 Å². The van der Waals surface area contributed by atoms with Crippen molar-refractivity contribution < 1.29 is 19.5 Å².